The molecule has 2 aromatic carbocycles. The quantitative estimate of drug-likeness (QED) is 0.804. The largest absolute Gasteiger partial charge is 0.493 e. The Bertz CT molecular complexity index is 701. The molecule has 0 heterocycles. The van der Waals surface area contributed by atoms with E-state index in [1.807, 2.05) is 61.5 Å². The van der Waals surface area contributed by atoms with Gasteiger partial charge in [-0.3, -0.25) is 9.59 Å². The number of para-hydroxylation sites is 2. The van der Waals surface area contributed by atoms with Gasteiger partial charge in [-0.15, -0.1) is 0 Å². The van der Waals surface area contributed by atoms with Crippen LogP contribution in [0.3, 0.4) is 0 Å². The summed E-state index contributed by atoms with van der Waals surface area (Å²) in [5.74, 6) is 0.609. The normalized spacial score (nSPS) is 10.2. The molecule has 0 aliphatic heterocycles. The van der Waals surface area contributed by atoms with Crippen molar-refractivity contribution in [3.63, 3.8) is 0 Å². The fourth-order valence-electron chi connectivity index (χ4n) is 2.49. The maximum Gasteiger partial charge on any atom is 0.223 e. The molecule has 2 rings (SSSR count). The molecule has 0 aromatic heterocycles. The van der Waals surface area contributed by atoms with Crippen molar-refractivity contribution in [3.8, 4) is 5.75 Å². The minimum Gasteiger partial charge on any atom is -0.493 e. The molecule has 5 heteroatoms. The van der Waals surface area contributed by atoms with Crippen molar-refractivity contribution in [2.24, 2.45) is 0 Å². The fraction of sp³-hybridized carbons (Fsp3) is 0.300. The molecule has 0 saturated heterocycles. The summed E-state index contributed by atoms with van der Waals surface area (Å²) in [5, 5.41) is 2.83. The zero-order valence-corrected chi connectivity index (χ0v) is 14.7. The van der Waals surface area contributed by atoms with Crippen molar-refractivity contribution in [2.75, 3.05) is 24.6 Å². The Balaban J connectivity index is 1.75. The van der Waals surface area contributed by atoms with E-state index in [4.69, 9.17) is 4.74 Å². The highest BCUT2D eigenvalue weighted by Crippen LogP contribution is 2.19. The molecule has 0 aliphatic carbocycles. The molecule has 0 fully saturated rings. The standard InChI is InChI=1S/C20H24N2O3/c1-16-8-6-7-11-19(16)22(17(2)23)14-13-21-20(24)12-15-25-18-9-4-3-5-10-18/h3-11H,12-15H2,1-2H3,(H,21,24). The van der Waals surface area contributed by atoms with Crippen LogP contribution >= 0.6 is 0 Å². The van der Waals surface area contributed by atoms with Crippen molar-refractivity contribution in [1.82, 2.24) is 5.32 Å². The first kappa shape index (κ1) is 18.5. The second-order valence-electron chi connectivity index (χ2n) is 5.72. The number of hydrogen-bond donors (Lipinski definition) is 1. The summed E-state index contributed by atoms with van der Waals surface area (Å²) < 4.78 is 5.50. The third kappa shape index (κ3) is 5.95. The lowest BCUT2D eigenvalue weighted by Gasteiger charge is -2.23. The molecule has 5 nitrogen and oxygen atoms in total. The molecule has 2 aromatic rings. The number of ether oxygens (including phenoxy) is 1. The first-order chi connectivity index (χ1) is 12.1. The van der Waals surface area contributed by atoms with E-state index in [2.05, 4.69) is 5.32 Å². The first-order valence-corrected chi connectivity index (χ1v) is 8.36. The monoisotopic (exact) mass is 340 g/mol. The number of aryl methyl sites for hydroxylation is 1. The average Bonchev–Trinajstić information content (AvgIpc) is 2.60. The molecule has 0 bridgehead atoms. The lowest BCUT2D eigenvalue weighted by atomic mass is 10.2. The topological polar surface area (TPSA) is 58.6 Å². The molecule has 25 heavy (non-hydrogen) atoms. The van der Waals surface area contributed by atoms with Crippen molar-refractivity contribution in [2.45, 2.75) is 20.3 Å². The summed E-state index contributed by atoms with van der Waals surface area (Å²) in [6.45, 7) is 4.65. The van der Waals surface area contributed by atoms with Gasteiger partial charge in [-0.25, -0.2) is 0 Å². The third-order valence-corrected chi connectivity index (χ3v) is 3.78. The summed E-state index contributed by atoms with van der Waals surface area (Å²) in [6, 6.07) is 17.1. The van der Waals surface area contributed by atoms with E-state index >= 15 is 0 Å². The van der Waals surface area contributed by atoms with E-state index in [9.17, 15) is 9.59 Å². The number of rotatable bonds is 8. The minimum atomic E-state index is -0.0933. The lowest BCUT2D eigenvalue weighted by molar-refractivity contribution is -0.122. The Kier molecular flexibility index (Phi) is 7.01. The number of anilines is 1. The van der Waals surface area contributed by atoms with Crippen molar-refractivity contribution >= 4 is 17.5 Å². The highest BCUT2D eigenvalue weighted by atomic mass is 16.5. The number of nitrogens with one attached hydrogen (secondary N) is 1. The molecule has 0 saturated carbocycles. The van der Waals surface area contributed by atoms with Gasteiger partial charge in [0.15, 0.2) is 0 Å². The van der Waals surface area contributed by atoms with Gasteiger partial charge in [0, 0.05) is 25.7 Å². The van der Waals surface area contributed by atoms with E-state index in [0.29, 0.717) is 19.7 Å². The van der Waals surface area contributed by atoms with Crippen LogP contribution in [-0.4, -0.2) is 31.5 Å². The van der Waals surface area contributed by atoms with Gasteiger partial charge in [0.05, 0.1) is 13.0 Å². The zero-order chi connectivity index (χ0) is 18.1. The van der Waals surface area contributed by atoms with Gasteiger partial charge >= 0.3 is 0 Å². The molecule has 132 valence electrons. The smallest absolute Gasteiger partial charge is 0.223 e. The minimum absolute atomic E-state index is 0.0454. The average molecular weight is 340 g/mol. The molecule has 0 spiro atoms. The van der Waals surface area contributed by atoms with Crippen molar-refractivity contribution in [3.05, 3.63) is 60.2 Å². The van der Waals surface area contributed by atoms with Gasteiger partial charge in [0.25, 0.3) is 0 Å². The van der Waals surface area contributed by atoms with Gasteiger partial charge in [-0.2, -0.15) is 0 Å². The predicted octanol–water partition coefficient (Wildman–Crippen LogP) is 2.93. The predicted molar refractivity (Wildman–Crippen MR) is 98.8 cm³/mol. The maximum atomic E-state index is 11.9. The molecular weight excluding hydrogens is 316 g/mol. The second-order valence-corrected chi connectivity index (χ2v) is 5.72. The van der Waals surface area contributed by atoms with E-state index in [1.54, 1.807) is 4.90 Å². The van der Waals surface area contributed by atoms with E-state index in [1.165, 1.54) is 6.92 Å². The third-order valence-electron chi connectivity index (χ3n) is 3.78. The van der Waals surface area contributed by atoms with Crippen LogP contribution in [0.1, 0.15) is 18.9 Å². The Morgan fingerprint density at radius 3 is 2.40 bits per heavy atom. The summed E-state index contributed by atoms with van der Waals surface area (Å²) in [6.07, 6.45) is 0.277. The Labute approximate surface area is 148 Å². The molecule has 2 amide bonds. The molecule has 0 atom stereocenters. The Morgan fingerprint density at radius 1 is 1.04 bits per heavy atom. The van der Waals surface area contributed by atoms with Gasteiger partial charge in [-0.1, -0.05) is 36.4 Å². The van der Waals surface area contributed by atoms with Gasteiger partial charge in [0.1, 0.15) is 5.75 Å². The molecule has 0 aliphatic rings. The van der Waals surface area contributed by atoms with Crippen LogP contribution < -0.4 is 15.0 Å². The van der Waals surface area contributed by atoms with Crippen LogP contribution in [0.25, 0.3) is 0 Å². The molecule has 0 radical (unpaired) electrons. The Morgan fingerprint density at radius 2 is 1.72 bits per heavy atom. The highest BCUT2D eigenvalue weighted by Gasteiger charge is 2.13. The molecular formula is C20H24N2O3. The van der Waals surface area contributed by atoms with Crippen LogP contribution in [0, 0.1) is 6.92 Å². The Hall–Kier alpha value is -2.82. The molecule has 1 N–H and O–H groups in total. The lowest BCUT2D eigenvalue weighted by Crippen LogP contribution is -2.38. The summed E-state index contributed by atoms with van der Waals surface area (Å²) in [7, 11) is 0. The fourth-order valence-corrected chi connectivity index (χ4v) is 2.49. The second kappa shape index (κ2) is 9.47. The first-order valence-electron chi connectivity index (χ1n) is 8.36. The number of carbonyl (C=O) groups is 2. The SMILES string of the molecule is CC(=O)N(CCNC(=O)CCOc1ccccc1)c1ccccc1C. The van der Waals surface area contributed by atoms with Crippen LogP contribution in [0.2, 0.25) is 0 Å². The van der Waals surface area contributed by atoms with E-state index in [0.717, 1.165) is 17.0 Å². The number of hydrogen-bond acceptors (Lipinski definition) is 3. The number of benzene rings is 2. The van der Waals surface area contributed by atoms with E-state index in [-0.39, 0.29) is 18.2 Å². The maximum absolute atomic E-state index is 11.9. The van der Waals surface area contributed by atoms with Crippen LogP contribution in [0.5, 0.6) is 5.75 Å². The van der Waals surface area contributed by atoms with Crippen LogP contribution in [0.15, 0.2) is 54.6 Å². The summed E-state index contributed by atoms with van der Waals surface area (Å²) in [4.78, 5) is 25.5. The van der Waals surface area contributed by atoms with Gasteiger partial charge in [0.2, 0.25) is 11.8 Å². The van der Waals surface area contributed by atoms with Gasteiger partial charge in [-0.05, 0) is 30.7 Å². The number of carbonyl (C=O) groups excluding carboxylic acids is 2. The van der Waals surface area contributed by atoms with Crippen molar-refractivity contribution < 1.29 is 14.3 Å². The van der Waals surface area contributed by atoms with Gasteiger partial charge < -0.3 is 15.0 Å². The summed E-state index contributed by atoms with van der Waals surface area (Å²) in [5.41, 5.74) is 1.90. The number of nitrogens with zero attached hydrogens (tertiary/aromatic N) is 1. The highest BCUT2D eigenvalue weighted by molar-refractivity contribution is 5.92. The number of amides is 2. The van der Waals surface area contributed by atoms with Crippen LogP contribution in [-0.2, 0) is 9.59 Å². The molecule has 0 unspecified atom stereocenters. The zero-order valence-electron chi connectivity index (χ0n) is 14.7. The van der Waals surface area contributed by atoms with E-state index < -0.39 is 0 Å². The summed E-state index contributed by atoms with van der Waals surface area (Å²) >= 11 is 0. The van der Waals surface area contributed by atoms with Crippen LogP contribution in [0.4, 0.5) is 5.69 Å². The van der Waals surface area contributed by atoms with Crippen molar-refractivity contribution in [1.29, 1.82) is 0 Å².